The molecule has 0 spiro atoms. The summed E-state index contributed by atoms with van der Waals surface area (Å²) in [6.07, 6.45) is 0.968. The molecule has 0 aromatic heterocycles. The van der Waals surface area contributed by atoms with Crippen molar-refractivity contribution < 1.29 is 13.9 Å². The molecule has 1 fully saturated rings. The molecule has 2 aromatic carbocycles. The number of nitrogens with one attached hydrogen (secondary N) is 1. The van der Waals surface area contributed by atoms with Gasteiger partial charge in [0, 0.05) is 38.4 Å². The molecule has 1 N–H and O–H groups in total. The van der Waals surface area contributed by atoms with Gasteiger partial charge in [-0.25, -0.2) is 4.39 Å². The first-order valence-corrected chi connectivity index (χ1v) is 10.8. The highest BCUT2D eigenvalue weighted by atomic mass is 35.5. The van der Waals surface area contributed by atoms with Crippen molar-refractivity contribution in [1.29, 1.82) is 0 Å². The number of ether oxygens (including phenoxy) is 2. The number of hydrogen-bond acceptors (Lipinski definition) is 4. The number of methoxy groups -OCH3 is 1. The maximum atomic E-state index is 13.5. The van der Waals surface area contributed by atoms with E-state index in [1.165, 1.54) is 6.07 Å². The molecule has 1 aliphatic heterocycles. The second-order valence-corrected chi connectivity index (χ2v) is 7.93. The summed E-state index contributed by atoms with van der Waals surface area (Å²) in [5.74, 6) is 0.358. The third-order valence-electron chi connectivity index (χ3n) is 4.97. The van der Waals surface area contributed by atoms with Crippen LogP contribution in [-0.4, -0.2) is 61.4 Å². The fraction of sp³-hybridized carbons (Fsp3) is 0.409. The molecule has 3 rings (SSSR count). The Hall–Kier alpha value is -1.93. The number of anilines is 1. The maximum absolute atomic E-state index is 13.5. The van der Waals surface area contributed by atoms with Crippen molar-refractivity contribution in [3.63, 3.8) is 0 Å². The standard InChI is InChI=1S/C22H27ClFN3O2S/c1-28-19-5-2-4-17(14-19)16-27(9-3-8-26-10-12-29-13-11-26)22(30)25-18-6-7-21(24)20(23)15-18/h2,4-7,14-15H,3,8-13,16H2,1H3,(H,25,30). The van der Waals surface area contributed by atoms with Crippen molar-refractivity contribution in [2.24, 2.45) is 0 Å². The minimum atomic E-state index is -0.452. The van der Waals surface area contributed by atoms with E-state index in [1.807, 2.05) is 18.2 Å². The van der Waals surface area contributed by atoms with E-state index in [1.54, 1.807) is 19.2 Å². The SMILES string of the molecule is COc1cccc(CN(CCCN2CCOCC2)C(=S)Nc2ccc(F)c(Cl)c2)c1. The molecule has 0 amide bonds. The smallest absolute Gasteiger partial charge is 0.173 e. The number of thiocarbonyl (C=S) groups is 1. The monoisotopic (exact) mass is 451 g/mol. The minimum Gasteiger partial charge on any atom is -0.497 e. The first kappa shape index (κ1) is 22.7. The Labute approximate surface area is 187 Å². The van der Waals surface area contributed by atoms with Gasteiger partial charge in [0.1, 0.15) is 11.6 Å². The first-order valence-electron chi connectivity index (χ1n) is 9.99. The van der Waals surface area contributed by atoms with Gasteiger partial charge in [-0.2, -0.15) is 0 Å². The predicted molar refractivity (Wildman–Crippen MR) is 123 cm³/mol. The lowest BCUT2D eigenvalue weighted by Crippen LogP contribution is -2.40. The normalized spacial score (nSPS) is 14.4. The van der Waals surface area contributed by atoms with Crippen LogP contribution in [-0.2, 0) is 11.3 Å². The molecule has 5 nitrogen and oxygen atoms in total. The van der Waals surface area contributed by atoms with Gasteiger partial charge in [-0.15, -0.1) is 0 Å². The van der Waals surface area contributed by atoms with E-state index >= 15 is 0 Å². The van der Waals surface area contributed by atoms with Gasteiger partial charge >= 0.3 is 0 Å². The second-order valence-electron chi connectivity index (χ2n) is 7.14. The molecular weight excluding hydrogens is 425 g/mol. The van der Waals surface area contributed by atoms with E-state index < -0.39 is 5.82 Å². The summed E-state index contributed by atoms with van der Waals surface area (Å²) in [5, 5.41) is 3.82. The summed E-state index contributed by atoms with van der Waals surface area (Å²) < 4.78 is 24.2. The van der Waals surface area contributed by atoms with E-state index in [4.69, 9.17) is 33.3 Å². The molecule has 162 valence electrons. The third kappa shape index (κ3) is 6.80. The van der Waals surface area contributed by atoms with E-state index in [9.17, 15) is 4.39 Å². The van der Waals surface area contributed by atoms with Crippen molar-refractivity contribution >= 4 is 34.6 Å². The predicted octanol–water partition coefficient (Wildman–Crippen LogP) is 4.41. The molecule has 0 saturated carbocycles. The van der Waals surface area contributed by atoms with E-state index in [2.05, 4.69) is 21.2 Å². The van der Waals surface area contributed by atoms with Crippen molar-refractivity contribution in [1.82, 2.24) is 9.80 Å². The molecule has 0 bridgehead atoms. The van der Waals surface area contributed by atoms with Crippen LogP contribution in [0.15, 0.2) is 42.5 Å². The average Bonchev–Trinajstić information content (AvgIpc) is 2.76. The lowest BCUT2D eigenvalue weighted by atomic mass is 10.2. The molecule has 0 aliphatic carbocycles. The Morgan fingerprint density at radius 2 is 2.07 bits per heavy atom. The van der Waals surface area contributed by atoms with Gasteiger partial charge in [0.15, 0.2) is 5.11 Å². The first-order chi connectivity index (χ1) is 14.5. The van der Waals surface area contributed by atoms with Crippen LogP contribution in [0.1, 0.15) is 12.0 Å². The van der Waals surface area contributed by atoms with Gasteiger partial charge in [0.05, 0.1) is 25.3 Å². The van der Waals surface area contributed by atoms with Gasteiger partial charge in [0.2, 0.25) is 0 Å². The quantitative estimate of drug-likeness (QED) is 0.599. The van der Waals surface area contributed by atoms with Gasteiger partial charge in [0.25, 0.3) is 0 Å². The zero-order valence-electron chi connectivity index (χ0n) is 17.1. The molecule has 1 aliphatic rings. The summed E-state index contributed by atoms with van der Waals surface area (Å²) >= 11 is 11.6. The fourth-order valence-electron chi connectivity index (χ4n) is 3.33. The van der Waals surface area contributed by atoms with Gasteiger partial charge in [-0.05, 0) is 54.5 Å². The summed E-state index contributed by atoms with van der Waals surface area (Å²) in [6, 6.07) is 12.4. The lowest BCUT2D eigenvalue weighted by Gasteiger charge is -2.29. The molecular formula is C22H27ClFN3O2S. The molecule has 8 heteroatoms. The Morgan fingerprint density at radius 3 is 2.80 bits per heavy atom. The van der Waals surface area contributed by atoms with Gasteiger partial charge in [-0.1, -0.05) is 23.7 Å². The van der Waals surface area contributed by atoms with E-state index in [-0.39, 0.29) is 5.02 Å². The van der Waals surface area contributed by atoms with Gasteiger partial charge < -0.3 is 19.7 Å². The molecule has 30 heavy (non-hydrogen) atoms. The molecule has 0 atom stereocenters. The van der Waals surface area contributed by atoms with Crippen molar-refractivity contribution in [2.45, 2.75) is 13.0 Å². The second kappa shape index (κ2) is 11.5. The van der Waals surface area contributed by atoms with Crippen LogP contribution in [0.3, 0.4) is 0 Å². The number of hydrogen-bond donors (Lipinski definition) is 1. The van der Waals surface area contributed by atoms with Crippen LogP contribution in [0.4, 0.5) is 10.1 Å². The summed E-state index contributed by atoms with van der Waals surface area (Å²) in [5.41, 5.74) is 1.76. The zero-order chi connectivity index (χ0) is 21.3. The van der Waals surface area contributed by atoms with E-state index in [0.29, 0.717) is 17.3 Å². The summed E-state index contributed by atoms with van der Waals surface area (Å²) in [4.78, 5) is 4.52. The molecule has 2 aromatic rings. The molecule has 1 heterocycles. The van der Waals surface area contributed by atoms with Crippen molar-refractivity contribution in [3.05, 3.63) is 58.9 Å². The minimum absolute atomic E-state index is 0.0643. The van der Waals surface area contributed by atoms with Crippen LogP contribution < -0.4 is 10.1 Å². The van der Waals surface area contributed by atoms with E-state index in [0.717, 1.165) is 57.1 Å². The largest absolute Gasteiger partial charge is 0.497 e. The van der Waals surface area contributed by atoms with Crippen LogP contribution in [0, 0.1) is 5.82 Å². The van der Waals surface area contributed by atoms with Crippen LogP contribution in [0.5, 0.6) is 5.75 Å². The van der Waals surface area contributed by atoms with Gasteiger partial charge in [-0.3, -0.25) is 4.90 Å². The number of morpholine rings is 1. The third-order valence-corrected chi connectivity index (χ3v) is 5.62. The Bertz CT molecular complexity index is 849. The number of halogens is 2. The number of rotatable bonds is 8. The number of benzene rings is 2. The lowest BCUT2D eigenvalue weighted by molar-refractivity contribution is 0.0368. The van der Waals surface area contributed by atoms with Crippen LogP contribution >= 0.6 is 23.8 Å². The highest BCUT2D eigenvalue weighted by Crippen LogP contribution is 2.21. The van der Waals surface area contributed by atoms with Crippen LogP contribution in [0.25, 0.3) is 0 Å². The molecule has 1 saturated heterocycles. The van der Waals surface area contributed by atoms with Crippen LogP contribution in [0.2, 0.25) is 5.02 Å². The van der Waals surface area contributed by atoms with Crippen molar-refractivity contribution in [2.75, 3.05) is 51.8 Å². The topological polar surface area (TPSA) is 37.0 Å². The average molecular weight is 452 g/mol. The number of nitrogens with zero attached hydrogens (tertiary/aromatic N) is 2. The molecule has 0 radical (unpaired) electrons. The zero-order valence-corrected chi connectivity index (χ0v) is 18.6. The Morgan fingerprint density at radius 1 is 1.27 bits per heavy atom. The van der Waals surface area contributed by atoms with Crippen molar-refractivity contribution in [3.8, 4) is 5.75 Å². The Balaban J connectivity index is 1.66. The highest BCUT2D eigenvalue weighted by Gasteiger charge is 2.14. The molecule has 0 unspecified atom stereocenters. The fourth-order valence-corrected chi connectivity index (χ4v) is 3.78. The highest BCUT2D eigenvalue weighted by molar-refractivity contribution is 7.80. The maximum Gasteiger partial charge on any atom is 0.173 e. The summed E-state index contributed by atoms with van der Waals surface area (Å²) in [7, 11) is 1.66. The Kier molecular flexibility index (Phi) is 8.69. The summed E-state index contributed by atoms with van der Waals surface area (Å²) in [6.45, 7) is 5.93.